The van der Waals surface area contributed by atoms with E-state index in [9.17, 15) is 9.18 Å². The zero-order valence-corrected chi connectivity index (χ0v) is 12.0. The first-order valence-electron chi connectivity index (χ1n) is 6.41. The Hall–Kier alpha value is -2.16. The van der Waals surface area contributed by atoms with Crippen molar-refractivity contribution < 1.29 is 14.3 Å². The van der Waals surface area contributed by atoms with Gasteiger partial charge in [-0.15, -0.1) is 11.3 Å². The zero-order chi connectivity index (χ0) is 15.1. The van der Waals surface area contributed by atoms with Crippen LogP contribution in [-0.4, -0.2) is 24.2 Å². The fourth-order valence-corrected chi connectivity index (χ4v) is 2.55. The van der Waals surface area contributed by atoms with Crippen LogP contribution in [0.5, 0.6) is 0 Å². The molecule has 0 unspecified atom stereocenters. The Balaban J connectivity index is 1.86. The molecule has 1 heterocycles. The quantitative estimate of drug-likeness (QED) is 0.851. The number of aliphatic hydroxyl groups excluding tert-OH is 1. The molecule has 3 nitrogen and oxygen atoms in total. The predicted molar refractivity (Wildman–Crippen MR) is 80.7 cm³/mol. The molecule has 1 aromatic heterocycles. The third kappa shape index (κ3) is 4.71. The Morgan fingerprint density at radius 1 is 1.33 bits per heavy atom. The van der Waals surface area contributed by atoms with Crippen LogP contribution >= 0.6 is 11.3 Å². The van der Waals surface area contributed by atoms with Gasteiger partial charge in [-0.1, -0.05) is 24.0 Å². The van der Waals surface area contributed by atoms with Crippen LogP contribution in [-0.2, 0) is 6.42 Å². The van der Waals surface area contributed by atoms with Crippen LogP contribution < -0.4 is 5.32 Å². The summed E-state index contributed by atoms with van der Waals surface area (Å²) in [6.45, 7) is 0.241. The van der Waals surface area contributed by atoms with Crippen LogP contribution in [0.2, 0.25) is 0 Å². The highest BCUT2D eigenvalue weighted by Crippen LogP contribution is 2.15. The highest BCUT2D eigenvalue weighted by Gasteiger charge is 2.07. The molecule has 0 aliphatic heterocycles. The van der Waals surface area contributed by atoms with Gasteiger partial charge in [0.25, 0.3) is 5.91 Å². The minimum Gasteiger partial charge on any atom is -0.384 e. The van der Waals surface area contributed by atoms with Crippen molar-refractivity contribution in [1.29, 1.82) is 0 Å². The van der Waals surface area contributed by atoms with Gasteiger partial charge in [-0.25, -0.2) is 4.39 Å². The molecule has 0 aliphatic rings. The van der Waals surface area contributed by atoms with Crippen molar-refractivity contribution in [2.75, 3.05) is 13.2 Å². The minimum atomic E-state index is -0.274. The fourth-order valence-electron chi connectivity index (χ4n) is 1.75. The summed E-state index contributed by atoms with van der Waals surface area (Å²) in [5.41, 5.74) is 0.844. The number of rotatable bonds is 4. The molecule has 2 aromatic rings. The third-order valence-electron chi connectivity index (χ3n) is 2.71. The van der Waals surface area contributed by atoms with Gasteiger partial charge in [0.15, 0.2) is 0 Å². The van der Waals surface area contributed by atoms with Crippen molar-refractivity contribution in [1.82, 2.24) is 5.32 Å². The largest absolute Gasteiger partial charge is 0.384 e. The molecule has 108 valence electrons. The average Bonchev–Trinajstić information content (AvgIpc) is 2.94. The number of hydrogen-bond donors (Lipinski definition) is 2. The molecular weight excluding hydrogens is 289 g/mol. The van der Waals surface area contributed by atoms with E-state index in [0.717, 1.165) is 10.4 Å². The lowest BCUT2D eigenvalue weighted by molar-refractivity contribution is 0.0958. The Labute approximate surface area is 126 Å². The molecule has 1 aromatic carbocycles. The van der Waals surface area contributed by atoms with Crippen LogP contribution in [0.1, 0.15) is 20.1 Å². The number of nitrogens with one attached hydrogen (secondary N) is 1. The SMILES string of the molecule is O=C(NCCc1cccc(F)c1)c1ccc(C#CCO)s1. The van der Waals surface area contributed by atoms with Gasteiger partial charge in [0.1, 0.15) is 12.4 Å². The molecule has 0 bridgehead atoms. The van der Waals surface area contributed by atoms with Gasteiger partial charge in [-0.3, -0.25) is 4.79 Å². The van der Waals surface area contributed by atoms with Gasteiger partial charge in [0.2, 0.25) is 0 Å². The van der Waals surface area contributed by atoms with Gasteiger partial charge >= 0.3 is 0 Å². The smallest absolute Gasteiger partial charge is 0.261 e. The predicted octanol–water partition coefficient (Wildman–Crippen LogP) is 2.20. The topological polar surface area (TPSA) is 49.3 Å². The van der Waals surface area contributed by atoms with E-state index in [1.54, 1.807) is 18.2 Å². The van der Waals surface area contributed by atoms with Gasteiger partial charge in [0, 0.05) is 6.54 Å². The summed E-state index contributed by atoms with van der Waals surface area (Å²) in [4.78, 5) is 13.2. The Morgan fingerprint density at radius 3 is 2.95 bits per heavy atom. The second-order valence-corrected chi connectivity index (χ2v) is 5.34. The third-order valence-corrected chi connectivity index (χ3v) is 3.71. The molecule has 2 N–H and O–H groups in total. The van der Waals surface area contributed by atoms with Crippen molar-refractivity contribution in [3.8, 4) is 11.8 Å². The zero-order valence-electron chi connectivity index (χ0n) is 11.2. The van der Waals surface area contributed by atoms with Gasteiger partial charge in [0.05, 0.1) is 9.75 Å². The Bertz CT molecular complexity index is 685. The molecule has 5 heteroatoms. The maximum Gasteiger partial charge on any atom is 0.261 e. The van der Waals surface area contributed by atoms with E-state index in [0.29, 0.717) is 17.8 Å². The average molecular weight is 303 g/mol. The monoisotopic (exact) mass is 303 g/mol. The fraction of sp³-hybridized carbons (Fsp3) is 0.188. The molecule has 0 spiro atoms. The van der Waals surface area contributed by atoms with Gasteiger partial charge in [-0.05, 0) is 36.2 Å². The van der Waals surface area contributed by atoms with Crippen molar-refractivity contribution in [2.45, 2.75) is 6.42 Å². The van der Waals surface area contributed by atoms with Crippen LogP contribution in [0.25, 0.3) is 0 Å². The first-order valence-corrected chi connectivity index (χ1v) is 7.23. The summed E-state index contributed by atoms with van der Waals surface area (Å²) in [7, 11) is 0. The lowest BCUT2D eigenvalue weighted by Gasteiger charge is -2.04. The van der Waals surface area contributed by atoms with Crippen LogP contribution in [0.4, 0.5) is 4.39 Å². The van der Waals surface area contributed by atoms with Crippen LogP contribution in [0, 0.1) is 17.7 Å². The number of carbonyl (C=O) groups is 1. The second-order valence-electron chi connectivity index (χ2n) is 4.26. The maximum absolute atomic E-state index is 13.0. The molecule has 0 fully saturated rings. The molecular formula is C16H14FNO2S. The summed E-state index contributed by atoms with van der Waals surface area (Å²) >= 11 is 1.27. The van der Waals surface area contributed by atoms with Crippen molar-refractivity contribution >= 4 is 17.2 Å². The molecule has 0 aliphatic carbocycles. The number of carbonyl (C=O) groups excluding carboxylic acids is 1. The molecule has 2 rings (SSSR count). The molecule has 0 radical (unpaired) electrons. The maximum atomic E-state index is 13.0. The Morgan fingerprint density at radius 2 is 2.19 bits per heavy atom. The standard InChI is InChI=1S/C16H14FNO2S/c17-13-4-1-3-12(11-13)8-9-18-16(20)15-7-6-14(21-15)5-2-10-19/h1,3-4,6-7,11,19H,8-10H2,(H,18,20). The highest BCUT2D eigenvalue weighted by atomic mass is 32.1. The number of hydrogen-bond acceptors (Lipinski definition) is 3. The van der Waals surface area contributed by atoms with E-state index in [4.69, 9.17) is 5.11 Å². The van der Waals surface area contributed by atoms with Crippen LogP contribution in [0.3, 0.4) is 0 Å². The first-order chi connectivity index (χ1) is 10.2. The van der Waals surface area contributed by atoms with E-state index in [-0.39, 0.29) is 18.3 Å². The molecule has 0 saturated heterocycles. The Kier molecular flexibility index (Phi) is 5.50. The lowest BCUT2D eigenvalue weighted by Crippen LogP contribution is -2.24. The minimum absolute atomic E-state index is 0.173. The molecule has 0 atom stereocenters. The van der Waals surface area contributed by atoms with E-state index in [2.05, 4.69) is 17.2 Å². The summed E-state index contributed by atoms with van der Waals surface area (Å²) in [5, 5.41) is 11.4. The van der Waals surface area contributed by atoms with E-state index in [1.165, 1.54) is 23.5 Å². The molecule has 0 saturated carbocycles. The number of thiophene rings is 1. The van der Waals surface area contributed by atoms with Gasteiger partial charge in [-0.2, -0.15) is 0 Å². The summed E-state index contributed by atoms with van der Waals surface area (Å²) in [6, 6.07) is 9.77. The number of benzene rings is 1. The van der Waals surface area contributed by atoms with Crippen molar-refractivity contribution in [3.05, 3.63) is 57.5 Å². The molecule has 1 amide bonds. The second kappa shape index (κ2) is 7.58. The number of aliphatic hydroxyl groups is 1. The highest BCUT2D eigenvalue weighted by molar-refractivity contribution is 7.14. The lowest BCUT2D eigenvalue weighted by atomic mass is 10.1. The number of halogens is 1. The number of amides is 1. The summed E-state index contributed by atoms with van der Waals surface area (Å²) < 4.78 is 13.0. The summed E-state index contributed by atoms with van der Waals surface area (Å²) in [6.07, 6.45) is 0.575. The normalized spacial score (nSPS) is 9.81. The van der Waals surface area contributed by atoms with Crippen LogP contribution in [0.15, 0.2) is 36.4 Å². The van der Waals surface area contributed by atoms with Gasteiger partial charge < -0.3 is 10.4 Å². The van der Waals surface area contributed by atoms with Crippen molar-refractivity contribution in [2.24, 2.45) is 0 Å². The molecule has 21 heavy (non-hydrogen) atoms. The van der Waals surface area contributed by atoms with E-state index in [1.807, 2.05) is 6.07 Å². The van der Waals surface area contributed by atoms with E-state index < -0.39 is 0 Å². The van der Waals surface area contributed by atoms with Crippen molar-refractivity contribution in [3.63, 3.8) is 0 Å². The summed E-state index contributed by atoms with van der Waals surface area (Å²) in [5.74, 6) is 4.84. The first kappa shape index (κ1) is 15.2. The van der Waals surface area contributed by atoms with E-state index >= 15 is 0 Å².